The highest BCUT2D eigenvalue weighted by Crippen LogP contribution is 2.15. The monoisotopic (exact) mass is 219 g/mol. The maximum Gasteiger partial charge on any atom is 0.373 e. The molecule has 0 atom stereocenters. The molecule has 0 fully saturated rings. The van der Waals surface area contributed by atoms with Crippen LogP contribution in [0.2, 0.25) is 0 Å². The van der Waals surface area contributed by atoms with Crippen molar-refractivity contribution in [1.82, 2.24) is 4.98 Å². The number of phenolic OH excluding ortho intramolecular Hbond substituents is 1. The first-order chi connectivity index (χ1) is 7.65. The first-order valence-electron chi connectivity index (χ1n) is 4.61. The van der Waals surface area contributed by atoms with Crippen molar-refractivity contribution in [3.63, 3.8) is 0 Å². The normalized spacial score (nSPS) is 10.2. The van der Waals surface area contributed by atoms with E-state index in [2.05, 4.69) is 4.98 Å². The van der Waals surface area contributed by atoms with Gasteiger partial charge in [-0.15, -0.1) is 0 Å². The minimum absolute atomic E-state index is 0.155. The molecule has 2 rings (SSSR count). The predicted octanol–water partition coefficient (Wildman–Crippen LogP) is 1.67. The molecular weight excluding hydrogens is 210 g/mol. The molecule has 16 heavy (non-hydrogen) atoms. The number of oxazole rings is 1. The number of carbonyl (C=O) groups is 1. The van der Waals surface area contributed by atoms with Crippen LogP contribution in [0.3, 0.4) is 0 Å². The van der Waals surface area contributed by atoms with E-state index in [4.69, 9.17) is 9.52 Å². The van der Waals surface area contributed by atoms with Crippen LogP contribution >= 0.6 is 0 Å². The van der Waals surface area contributed by atoms with E-state index in [1.54, 1.807) is 24.3 Å². The summed E-state index contributed by atoms with van der Waals surface area (Å²) in [6.07, 6.45) is 1.52. The molecule has 0 saturated carbocycles. The number of hydrogen-bond acceptors (Lipinski definition) is 4. The molecular formula is C11H9NO4. The van der Waals surface area contributed by atoms with Gasteiger partial charge in [0, 0.05) is 6.42 Å². The summed E-state index contributed by atoms with van der Waals surface area (Å²) in [7, 11) is 0. The van der Waals surface area contributed by atoms with Crippen molar-refractivity contribution in [3.8, 4) is 5.75 Å². The van der Waals surface area contributed by atoms with E-state index in [9.17, 15) is 9.90 Å². The second-order valence-corrected chi connectivity index (χ2v) is 3.27. The summed E-state index contributed by atoms with van der Waals surface area (Å²) in [5.74, 6) is -0.865. The summed E-state index contributed by atoms with van der Waals surface area (Å²) < 4.78 is 5.00. The average Bonchev–Trinajstić information content (AvgIpc) is 2.66. The zero-order valence-corrected chi connectivity index (χ0v) is 8.25. The molecule has 0 saturated heterocycles. The average molecular weight is 219 g/mol. The van der Waals surface area contributed by atoms with Crippen LogP contribution in [0.15, 0.2) is 34.9 Å². The number of rotatable bonds is 3. The van der Waals surface area contributed by atoms with Crippen LogP contribution in [0.4, 0.5) is 0 Å². The lowest BCUT2D eigenvalue weighted by Gasteiger charge is -1.97. The number of benzene rings is 1. The molecule has 1 aromatic heterocycles. The Kier molecular flexibility index (Phi) is 2.59. The third kappa shape index (κ3) is 2.20. The lowest BCUT2D eigenvalue weighted by Crippen LogP contribution is -1.92. The summed E-state index contributed by atoms with van der Waals surface area (Å²) in [6, 6.07) is 6.63. The van der Waals surface area contributed by atoms with Gasteiger partial charge in [-0.2, -0.15) is 0 Å². The van der Waals surface area contributed by atoms with Crippen LogP contribution in [-0.2, 0) is 6.42 Å². The van der Waals surface area contributed by atoms with Gasteiger partial charge in [-0.05, 0) is 17.7 Å². The summed E-state index contributed by atoms with van der Waals surface area (Å²) in [4.78, 5) is 14.4. The smallest absolute Gasteiger partial charge is 0.373 e. The van der Waals surface area contributed by atoms with Gasteiger partial charge in [-0.25, -0.2) is 9.78 Å². The molecule has 0 aliphatic rings. The van der Waals surface area contributed by atoms with Crippen molar-refractivity contribution < 1.29 is 19.4 Å². The summed E-state index contributed by atoms with van der Waals surface area (Å²) >= 11 is 0. The van der Waals surface area contributed by atoms with Gasteiger partial charge >= 0.3 is 5.97 Å². The number of carboxylic acids is 1. The molecule has 2 aromatic rings. The van der Waals surface area contributed by atoms with Crippen molar-refractivity contribution in [1.29, 1.82) is 0 Å². The second-order valence-electron chi connectivity index (χ2n) is 3.27. The van der Waals surface area contributed by atoms with Crippen LogP contribution in [-0.4, -0.2) is 21.2 Å². The zero-order chi connectivity index (χ0) is 11.5. The van der Waals surface area contributed by atoms with Crippen molar-refractivity contribution in [2.24, 2.45) is 0 Å². The van der Waals surface area contributed by atoms with E-state index >= 15 is 0 Å². The SMILES string of the molecule is O=C(O)c1cnc(Cc2cccc(O)c2)o1. The maximum atomic E-state index is 10.5. The highest BCUT2D eigenvalue weighted by Gasteiger charge is 2.10. The lowest BCUT2D eigenvalue weighted by molar-refractivity contribution is 0.0660. The number of carboxylic acid groups (broad SMARTS) is 1. The Morgan fingerprint density at radius 1 is 1.44 bits per heavy atom. The van der Waals surface area contributed by atoms with Gasteiger partial charge in [0.05, 0.1) is 6.20 Å². The number of aromatic nitrogens is 1. The molecule has 0 aliphatic carbocycles. The van der Waals surface area contributed by atoms with E-state index in [0.717, 1.165) is 5.56 Å². The zero-order valence-electron chi connectivity index (χ0n) is 8.25. The van der Waals surface area contributed by atoms with E-state index in [1.807, 2.05) is 0 Å². The molecule has 5 nitrogen and oxygen atoms in total. The minimum Gasteiger partial charge on any atom is -0.508 e. The number of phenols is 1. The van der Waals surface area contributed by atoms with Crippen LogP contribution in [0, 0.1) is 0 Å². The van der Waals surface area contributed by atoms with E-state index in [-0.39, 0.29) is 11.5 Å². The topological polar surface area (TPSA) is 83.6 Å². The lowest BCUT2D eigenvalue weighted by atomic mass is 10.1. The van der Waals surface area contributed by atoms with Gasteiger partial charge in [-0.1, -0.05) is 12.1 Å². The van der Waals surface area contributed by atoms with E-state index in [1.165, 1.54) is 6.20 Å². The first kappa shape index (κ1) is 10.2. The highest BCUT2D eigenvalue weighted by atomic mass is 16.4. The molecule has 0 spiro atoms. The van der Waals surface area contributed by atoms with E-state index < -0.39 is 5.97 Å². The molecule has 1 aromatic carbocycles. The molecule has 0 amide bonds. The Balaban J connectivity index is 2.17. The predicted molar refractivity (Wildman–Crippen MR) is 54.4 cm³/mol. The number of aromatic carboxylic acids is 1. The van der Waals surface area contributed by atoms with Crippen LogP contribution < -0.4 is 0 Å². The highest BCUT2D eigenvalue weighted by molar-refractivity contribution is 5.83. The van der Waals surface area contributed by atoms with Crippen molar-refractivity contribution in [3.05, 3.63) is 47.7 Å². The second kappa shape index (κ2) is 4.06. The summed E-state index contributed by atoms with van der Waals surface area (Å²) in [5.41, 5.74) is 0.804. The quantitative estimate of drug-likeness (QED) is 0.820. The van der Waals surface area contributed by atoms with E-state index in [0.29, 0.717) is 12.3 Å². The standard InChI is InChI=1S/C11H9NO4/c13-8-3-1-2-7(4-8)5-10-12-6-9(16-10)11(14)15/h1-4,6,13H,5H2,(H,14,15). The fourth-order valence-corrected chi connectivity index (χ4v) is 1.33. The molecule has 2 N–H and O–H groups in total. The fraction of sp³-hybridized carbons (Fsp3) is 0.0909. The van der Waals surface area contributed by atoms with Gasteiger partial charge < -0.3 is 14.6 Å². The van der Waals surface area contributed by atoms with Crippen molar-refractivity contribution >= 4 is 5.97 Å². The largest absolute Gasteiger partial charge is 0.508 e. The summed E-state index contributed by atoms with van der Waals surface area (Å²) in [5, 5.41) is 17.9. The van der Waals surface area contributed by atoms with Gasteiger partial charge in [0.2, 0.25) is 5.76 Å². The van der Waals surface area contributed by atoms with Crippen LogP contribution in [0.1, 0.15) is 22.0 Å². The van der Waals surface area contributed by atoms with Crippen LogP contribution in [0.25, 0.3) is 0 Å². The first-order valence-corrected chi connectivity index (χ1v) is 4.61. The number of nitrogens with zero attached hydrogens (tertiary/aromatic N) is 1. The molecule has 5 heteroatoms. The molecule has 0 aliphatic heterocycles. The molecule has 1 heterocycles. The third-order valence-corrected chi connectivity index (χ3v) is 2.03. The molecule has 0 bridgehead atoms. The Hall–Kier alpha value is -2.30. The minimum atomic E-state index is -1.14. The molecule has 0 unspecified atom stereocenters. The molecule has 82 valence electrons. The Morgan fingerprint density at radius 2 is 2.25 bits per heavy atom. The van der Waals surface area contributed by atoms with Crippen molar-refractivity contribution in [2.75, 3.05) is 0 Å². The Labute approximate surface area is 91.0 Å². The van der Waals surface area contributed by atoms with Gasteiger partial charge in [0.25, 0.3) is 0 Å². The number of aromatic hydroxyl groups is 1. The Bertz CT molecular complexity index is 518. The van der Waals surface area contributed by atoms with Gasteiger partial charge in [-0.3, -0.25) is 0 Å². The maximum absolute atomic E-state index is 10.5. The van der Waals surface area contributed by atoms with Crippen LogP contribution in [0.5, 0.6) is 5.75 Å². The molecule has 0 radical (unpaired) electrons. The third-order valence-electron chi connectivity index (χ3n) is 2.03. The van der Waals surface area contributed by atoms with Gasteiger partial charge in [0.15, 0.2) is 5.89 Å². The fourth-order valence-electron chi connectivity index (χ4n) is 1.33. The summed E-state index contributed by atoms with van der Waals surface area (Å²) in [6.45, 7) is 0. The Morgan fingerprint density at radius 3 is 2.88 bits per heavy atom. The van der Waals surface area contributed by atoms with Gasteiger partial charge in [0.1, 0.15) is 5.75 Å². The number of hydrogen-bond donors (Lipinski definition) is 2. The van der Waals surface area contributed by atoms with Crippen molar-refractivity contribution in [2.45, 2.75) is 6.42 Å².